The van der Waals surface area contributed by atoms with Crippen molar-refractivity contribution in [2.45, 2.75) is 51.1 Å². The lowest BCUT2D eigenvalue weighted by atomic mass is 9.98. The molecule has 0 aliphatic heterocycles. The number of nitrogens with one attached hydrogen (secondary N) is 4. The van der Waals surface area contributed by atoms with Crippen molar-refractivity contribution in [3.63, 3.8) is 0 Å². The van der Waals surface area contributed by atoms with Gasteiger partial charge in [-0.25, -0.2) is 9.59 Å². The number of hydrogen-bond donors (Lipinski definition) is 4. The second-order valence-corrected chi connectivity index (χ2v) is 13.2. The molecule has 0 radical (unpaired) electrons. The normalized spacial score (nSPS) is 12.6. The SMILES string of the molecule is COC(=O)[C@H](Cc1c(-c2ccc(C(F)(F)F)cc2)[nH]c2ccccc12)NC(C)=O.COC(=O)[C@H](Cc1c(-c2ccc(C(F)(F)F)cc2)[nH]c2ccccc12)NC(C)=O. The van der Waals surface area contributed by atoms with Gasteiger partial charge in [0, 0.05) is 59.9 Å². The van der Waals surface area contributed by atoms with Gasteiger partial charge in [-0.3, -0.25) is 9.59 Å². The number of aromatic nitrogens is 2. The number of esters is 2. The predicted molar refractivity (Wildman–Crippen MR) is 204 cm³/mol. The minimum Gasteiger partial charge on any atom is -0.467 e. The Morgan fingerprint density at radius 2 is 0.879 bits per heavy atom. The van der Waals surface area contributed by atoms with Crippen LogP contribution in [0.4, 0.5) is 26.3 Å². The number of alkyl halides is 6. The van der Waals surface area contributed by atoms with Crippen molar-refractivity contribution in [3.05, 3.63) is 119 Å². The van der Waals surface area contributed by atoms with Crippen molar-refractivity contribution in [3.8, 4) is 22.5 Å². The summed E-state index contributed by atoms with van der Waals surface area (Å²) in [6.07, 6.45) is -8.62. The van der Waals surface area contributed by atoms with E-state index in [2.05, 4.69) is 20.6 Å². The lowest BCUT2D eigenvalue weighted by Crippen LogP contribution is -2.42. The molecule has 0 fully saturated rings. The second-order valence-electron chi connectivity index (χ2n) is 13.2. The number of para-hydroxylation sites is 2. The van der Waals surface area contributed by atoms with E-state index in [1.807, 2.05) is 48.5 Å². The molecule has 0 aliphatic carbocycles. The lowest BCUT2D eigenvalue weighted by Gasteiger charge is -2.16. The molecule has 2 atom stereocenters. The maximum Gasteiger partial charge on any atom is 0.416 e. The van der Waals surface area contributed by atoms with E-state index in [0.717, 1.165) is 46.1 Å². The van der Waals surface area contributed by atoms with Crippen LogP contribution in [0.5, 0.6) is 0 Å². The van der Waals surface area contributed by atoms with Crippen molar-refractivity contribution < 1.29 is 55.0 Å². The molecule has 2 amide bonds. The average Bonchev–Trinajstić information content (AvgIpc) is 3.74. The Morgan fingerprint density at radius 3 is 1.17 bits per heavy atom. The molecule has 4 N–H and O–H groups in total. The zero-order valence-corrected chi connectivity index (χ0v) is 31.5. The molecule has 0 spiro atoms. The number of carbonyl (C=O) groups excluding carboxylic acids is 4. The number of methoxy groups -OCH3 is 2. The van der Waals surface area contributed by atoms with E-state index in [0.29, 0.717) is 33.6 Å². The van der Waals surface area contributed by atoms with Gasteiger partial charge in [-0.1, -0.05) is 60.7 Å². The van der Waals surface area contributed by atoms with Crippen LogP contribution in [-0.4, -0.2) is 60.0 Å². The standard InChI is InChI=1S/2C21H19F3N2O3/c2*1-12(27)25-18(20(28)29-2)11-16-15-5-3-4-6-17(15)26-19(16)13-7-9-14(10-8-13)21(22,23)24/h2*3-10,18,26H,11H2,1-2H3,(H,25,27)/t2*18-/m00/s1. The third-order valence-corrected chi connectivity index (χ3v) is 9.17. The van der Waals surface area contributed by atoms with E-state index >= 15 is 0 Å². The number of hydrogen-bond acceptors (Lipinski definition) is 6. The first-order valence-electron chi connectivity index (χ1n) is 17.7. The number of carbonyl (C=O) groups is 4. The van der Waals surface area contributed by atoms with Crippen molar-refractivity contribution >= 4 is 45.6 Å². The molecule has 2 aromatic heterocycles. The van der Waals surface area contributed by atoms with Gasteiger partial charge in [0.1, 0.15) is 12.1 Å². The summed E-state index contributed by atoms with van der Waals surface area (Å²) < 4.78 is 86.9. The molecule has 10 nitrogen and oxygen atoms in total. The molecule has 2 heterocycles. The number of benzene rings is 4. The number of rotatable bonds is 10. The molecule has 6 aromatic rings. The first-order chi connectivity index (χ1) is 27.4. The molecule has 0 saturated heterocycles. The van der Waals surface area contributed by atoms with Gasteiger partial charge in [-0.05, 0) is 58.7 Å². The zero-order chi connectivity index (χ0) is 42.4. The van der Waals surface area contributed by atoms with Crippen molar-refractivity contribution in [1.29, 1.82) is 0 Å². The van der Waals surface area contributed by atoms with Crippen LogP contribution in [0.1, 0.15) is 36.1 Å². The largest absolute Gasteiger partial charge is 0.467 e. The van der Waals surface area contributed by atoms with Crippen LogP contribution in [-0.2, 0) is 53.8 Å². The molecular weight excluding hydrogens is 770 g/mol. The number of fused-ring (bicyclic) bond motifs is 2. The first-order valence-corrected chi connectivity index (χ1v) is 17.7. The van der Waals surface area contributed by atoms with Gasteiger partial charge in [0.25, 0.3) is 0 Å². The summed E-state index contributed by atoms with van der Waals surface area (Å²) in [5, 5.41) is 6.74. The summed E-state index contributed by atoms with van der Waals surface area (Å²) in [6.45, 7) is 2.59. The van der Waals surface area contributed by atoms with Crippen LogP contribution in [0.3, 0.4) is 0 Å². The minimum atomic E-state index is -4.43. The van der Waals surface area contributed by atoms with E-state index in [1.54, 1.807) is 0 Å². The fourth-order valence-electron chi connectivity index (χ4n) is 6.54. The third kappa shape index (κ3) is 10.0. The zero-order valence-electron chi connectivity index (χ0n) is 31.5. The van der Waals surface area contributed by atoms with E-state index in [9.17, 15) is 45.5 Å². The maximum absolute atomic E-state index is 12.9. The number of H-pyrrole nitrogens is 2. The molecule has 0 saturated carbocycles. The molecule has 4 aromatic carbocycles. The Labute approximate surface area is 327 Å². The van der Waals surface area contributed by atoms with Gasteiger partial charge < -0.3 is 30.1 Å². The van der Waals surface area contributed by atoms with E-state index in [1.165, 1.54) is 52.3 Å². The predicted octanol–water partition coefficient (Wildman–Crippen LogP) is 8.15. The first kappa shape index (κ1) is 42.6. The lowest BCUT2D eigenvalue weighted by molar-refractivity contribution is -0.145. The smallest absolute Gasteiger partial charge is 0.416 e. The monoisotopic (exact) mass is 808 g/mol. The van der Waals surface area contributed by atoms with Gasteiger partial charge in [0.2, 0.25) is 11.8 Å². The van der Waals surface area contributed by atoms with Crippen LogP contribution in [0.2, 0.25) is 0 Å². The fraction of sp³-hybridized carbons (Fsp3) is 0.238. The van der Waals surface area contributed by atoms with E-state index in [4.69, 9.17) is 9.47 Å². The van der Waals surface area contributed by atoms with Gasteiger partial charge >= 0.3 is 24.3 Å². The highest BCUT2D eigenvalue weighted by molar-refractivity contribution is 5.94. The second kappa shape index (κ2) is 17.7. The quantitative estimate of drug-likeness (QED) is 0.0814. The Bertz CT molecular complexity index is 2250. The molecule has 0 unspecified atom stereocenters. The Morgan fingerprint density at radius 1 is 0.552 bits per heavy atom. The Balaban J connectivity index is 0.000000221. The van der Waals surface area contributed by atoms with Crippen molar-refractivity contribution in [2.24, 2.45) is 0 Å². The highest BCUT2D eigenvalue weighted by Gasteiger charge is 2.32. The van der Waals surface area contributed by atoms with E-state index in [-0.39, 0.29) is 12.8 Å². The molecule has 304 valence electrons. The number of halogens is 6. The van der Waals surface area contributed by atoms with Gasteiger partial charge in [-0.15, -0.1) is 0 Å². The van der Waals surface area contributed by atoms with Crippen LogP contribution in [0.25, 0.3) is 44.3 Å². The Hall–Kier alpha value is -6.58. The van der Waals surface area contributed by atoms with Crippen LogP contribution in [0.15, 0.2) is 97.1 Å². The summed E-state index contributed by atoms with van der Waals surface area (Å²) in [6, 6.07) is 22.3. The molecule has 6 rings (SSSR count). The summed E-state index contributed by atoms with van der Waals surface area (Å²) >= 11 is 0. The maximum atomic E-state index is 12.9. The molecule has 58 heavy (non-hydrogen) atoms. The summed E-state index contributed by atoms with van der Waals surface area (Å²) in [5.74, 6) is -2.00. The van der Waals surface area contributed by atoms with Crippen LogP contribution < -0.4 is 10.6 Å². The van der Waals surface area contributed by atoms with Gasteiger partial charge in [0.15, 0.2) is 0 Å². The topological polar surface area (TPSA) is 142 Å². The van der Waals surface area contributed by atoms with Crippen LogP contribution in [0, 0.1) is 0 Å². The molecular formula is C42H38F6N4O6. The Kier molecular flexibility index (Phi) is 13.0. The molecule has 16 heteroatoms. The summed E-state index contributed by atoms with van der Waals surface area (Å²) in [5.41, 5.74) is 3.68. The number of amides is 2. The minimum absolute atomic E-state index is 0.118. The summed E-state index contributed by atoms with van der Waals surface area (Å²) in [4.78, 5) is 53.7. The summed E-state index contributed by atoms with van der Waals surface area (Å²) in [7, 11) is 2.45. The highest BCUT2D eigenvalue weighted by atomic mass is 19.4. The molecule has 0 aliphatic rings. The average molecular weight is 809 g/mol. The third-order valence-electron chi connectivity index (χ3n) is 9.17. The van der Waals surface area contributed by atoms with Gasteiger partial charge in [-0.2, -0.15) is 26.3 Å². The fourth-order valence-corrected chi connectivity index (χ4v) is 6.54. The molecule has 0 bridgehead atoms. The number of aromatic amines is 2. The van der Waals surface area contributed by atoms with Crippen molar-refractivity contribution in [1.82, 2.24) is 20.6 Å². The van der Waals surface area contributed by atoms with Gasteiger partial charge in [0.05, 0.1) is 25.3 Å². The van der Waals surface area contributed by atoms with Crippen LogP contribution >= 0.6 is 0 Å². The van der Waals surface area contributed by atoms with Crippen molar-refractivity contribution in [2.75, 3.05) is 14.2 Å². The number of ether oxygens (including phenoxy) is 2. The highest BCUT2D eigenvalue weighted by Crippen LogP contribution is 2.36. The van der Waals surface area contributed by atoms with E-state index < -0.39 is 59.3 Å².